The second-order valence-electron chi connectivity index (χ2n) is 6.09. The summed E-state index contributed by atoms with van der Waals surface area (Å²) < 4.78 is 0. The minimum atomic E-state index is 0.403. The first kappa shape index (κ1) is 14.5. The summed E-state index contributed by atoms with van der Waals surface area (Å²) in [6, 6.07) is 9.19. The predicted molar refractivity (Wildman–Crippen MR) is 82.1 cm³/mol. The predicted octanol–water partition coefficient (Wildman–Crippen LogP) is 3.23. The normalized spacial score (nSPS) is 22.1. The molecule has 0 amide bonds. The number of rotatable bonds is 5. The molecule has 1 fully saturated rings. The minimum absolute atomic E-state index is 0.403. The SMILES string of the molecule is CCc1ccccc1C(CN)N1CCC(C(C)C)C1. The first-order valence-corrected chi connectivity index (χ1v) is 7.69. The molecule has 1 aromatic rings. The van der Waals surface area contributed by atoms with Crippen molar-refractivity contribution in [2.75, 3.05) is 19.6 Å². The van der Waals surface area contributed by atoms with Gasteiger partial charge in [0.2, 0.25) is 0 Å². The third-order valence-electron chi connectivity index (χ3n) is 4.66. The van der Waals surface area contributed by atoms with E-state index < -0.39 is 0 Å². The minimum Gasteiger partial charge on any atom is -0.329 e. The fourth-order valence-electron chi connectivity index (χ4n) is 3.30. The number of hydrogen-bond acceptors (Lipinski definition) is 2. The summed E-state index contributed by atoms with van der Waals surface area (Å²) in [5.74, 6) is 1.62. The maximum Gasteiger partial charge on any atom is 0.0473 e. The molecule has 2 heteroatoms. The number of nitrogens with two attached hydrogens (primary N) is 1. The molecule has 2 unspecified atom stereocenters. The van der Waals surface area contributed by atoms with E-state index in [9.17, 15) is 0 Å². The molecule has 19 heavy (non-hydrogen) atoms. The van der Waals surface area contributed by atoms with Gasteiger partial charge in [-0.3, -0.25) is 4.90 Å². The van der Waals surface area contributed by atoms with Crippen LogP contribution in [-0.4, -0.2) is 24.5 Å². The lowest BCUT2D eigenvalue weighted by atomic mass is 9.95. The van der Waals surface area contributed by atoms with E-state index in [2.05, 4.69) is 49.9 Å². The standard InChI is InChI=1S/C17H28N2/c1-4-14-7-5-6-8-16(14)17(11-18)19-10-9-15(12-19)13(2)3/h5-8,13,15,17H,4,9-12,18H2,1-3H3. The van der Waals surface area contributed by atoms with E-state index in [1.165, 1.54) is 30.6 Å². The Morgan fingerprint density at radius 1 is 1.32 bits per heavy atom. The zero-order valence-electron chi connectivity index (χ0n) is 12.6. The molecule has 1 heterocycles. The Morgan fingerprint density at radius 3 is 2.63 bits per heavy atom. The molecule has 1 aliphatic heterocycles. The van der Waals surface area contributed by atoms with E-state index in [1.807, 2.05) is 0 Å². The number of hydrogen-bond donors (Lipinski definition) is 1. The molecule has 1 aromatic carbocycles. The number of likely N-dealkylation sites (tertiary alicyclic amines) is 1. The van der Waals surface area contributed by atoms with Gasteiger partial charge in [-0.2, -0.15) is 0 Å². The summed E-state index contributed by atoms with van der Waals surface area (Å²) in [5.41, 5.74) is 8.98. The Kier molecular flexibility index (Phi) is 5.00. The second kappa shape index (κ2) is 6.53. The molecule has 0 spiro atoms. The van der Waals surface area contributed by atoms with Gasteiger partial charge in [-0.1, -0.05) is 45.0 Å². The van der Waals surface area contributed by atoms with Crippen LogP contribution >= 0.6 is 0 Å². The highest BCUT2D eigenvalue weighted by atomic mass is 15.2. The van der Waals surface area contributed by atoms with Crippen molar-refractivity contribution in [2.24, 2.45) is 17.6 Å². The van der Waals surface area contributed by atoms with Gasteiger partial charge in [0.05, 0.1) is 0 Å². The van der Waals surface area contributed by atoms with Gasteiger partial charge in [0.25, 0.3) is 0 Å². The monoisotopic (exact) mass is 260 g/mol. The first-order valence-electron chi connectivity index (χ1n) is 7.69. The molecule has 2 atom stereocenters. The van der Waals surface area contributed by atoms with Crippen molar-refractivity contribution in [3.05, 3.63) is 35.4 Å². The summed E-state index contributed by atoms with van der Waals surface area (Å²) in [5, 5.41) is 0. The van der Waals surface area contributed by atoms with E-state index >= 15 is 0 Å². The van der Waals surface area contributed by atoms with Crippen LogP contribution in [0.1, 0.15) is 44.4 Å². The molecule has 1 saturated heterocycles. The van der Waals surface area contributed by atoms with E-state index in [0.29, 0.717) is 6.04 Å². The topological polar surface area (TPSA) is 29.3 Å². The van der Waals surface area contributed by atoms with Gasteiger partial charge in [0.15, 0.2) is 0 Å². The zero-order chi connectivity index (χ0) is 13.8. The van der Waals surface area contributed by atoms with Gasteiger partial charge < -0.3 is 5.73 Å². The lowest BCUT2D eigenvalue weighted by Gasteiger charge is -2.29. The molecule has 2 nitrogen and oxygen atoms in total. The van der Waals surface area contributed by atoms with E-state index in [0.717, 1.165) is 24.8 Å². The summed E-state index contributed by atoms with van der Waals surface area (Å²) >= 11 is 0. The molecular formula is C17H28N2. The van der Waals surface area contributed by atoms with Gasteiger partial charge in [-0.25, -0.2) is 0 Å². The molecule has 0 bridgehead atoms. The highest BCUT2D eigenvalue weighted by Gasteiger charge is 2.30. The van der Waals surface area contributed by atoms with Gasteiger partial charge in [-0.05, 0) is 42.3 Å². The highest BCUT2D eigenvalue weighted by molar-refractivity contribution is 5.30. The molecule has 0 saturated carbocycles. The van der Waals surface area contributed by atoms with Crippen LogP contribution < -0.4 is 5.73 Å². The summed E-state index contributed by atoms with van der Waals surface area (Å²) in [4.78, 5) is 2.60. The first-order chi connectivity index (χ1) is 9.17. The van der Waals surface area contributed by atoms with E-state index in [4.69, 9.17) is 5.73 Å². The maximum atomic E-state index is 6.09. The Hall–Kier alpha value is -0.860. The zero-order valence-corrected chi connectivity index (χ0v) is 12.6. The molecule has 0 aromatic heterocycles. The van der Waals surface area contributed by atoms with E-state index in [1.54, 1.807) is 0 Å². The quantitative estimate of drug-likeness (QED) is 0.880. The van der Waals surface area contributed by atoms with Crippen LogP contribution in [0.2, 0.25) is 0 Å². The Balaban J connectivity index is 2.16. The van der Waals surface area contributed by atoms with Crippen LogP contribution in [0.15, 0.2) is 24.3 Å². The molecular weight excluding hydrogens is 232 g/mol. The molecule has 0 radical (unpaired) electrons. The Labute approximate surface area is 118 Å². The summed E-state index contributed by atoms with van der Waals surface area (Å²) in [7, 11) is 0. The Morgan fingerprint density at radius 2 is 2.05 bits per heavy atom. The van der Waals surface area contributed by atoms with Crippen molar-refractivity contribution in [3.63, 3.8) is 0 Å². The van der Waals surface area contributed by atoms with Gasteiger partial charge in [-0.15, -0.1) is 0 Å². The summed E-state index contributed by atoms with van der Waals surface area (Å²) in [6.07, 6.45) is 2.41. The van der Waals surface area contributed by atoms with Crippen LogP contribution in [-0.2, 0) is 6.42 Å². The maximum absolute atomic E-state index is 6.09. The van der Waals surface area contributed by atoms with Crippen molar-refractivity contribution in [1.82, 2.24) is 4.90 Å². The largest absolute Gasteiger partial charge is 0.329 e. The van der Waals surface area contributed by atoms with Crippen LogP contribution in [0.4, 0.5) is 0 Å². The number of aryl methyl sites for hydroxylation is 1. The van der Waals surface area contributed by atoms with Crippen molar-refractivity contribution < 1.29 is 0 Å². The van der Waals surface area contributed by atoms with Crippen LogP contribution in [0.3, 0.4) is 0 Å². The fraction of sp³-hybridized carbons (Fsp3) is 0.647. The van der Waals surface area contributed by atoms with E-state index in [-0.39, 0.29) is 0 Å². The third kappa shape index (κ3) is 3.18. The average molecular weight is 260 g/mol. The summed E-state index contributed by atoms with van der Waals surface area (Å²) in [6.45, 7) is 10.0. The van der Waals surface area contributed by atoms with Crippen molar-refractivity contribution in [2.45, 2.75) is 39.7 Å². The molecule has 106 valence electrons. The van der Waals surface area contributed by atoms with Crippen LogP contribution in [0, 0.1) is 11.8 Å². The van der Waals surface area contributed by atoms with Gasteiger partial charge in [0, 0.05) is 19.1 Å². The van der Waals surface area contributed by atoms with Crippen molar-refractivity contribution >= 4 is 0 Å². The Bertz CT molecular complexity index is 400. The van der Waals surface area contributed by atoms with Crippen LogP contribution in [0.25, 0.3) is 0 Å². The second-order valence-corrected chi connectivity index (χ2v) is 6.09. The number of benzene rings is 1. The van der Waals surface area contributed by atoms with Crippen molar-refractivity contribution in [1.29, 1.82) is 0 Å². The lowest BCUT2D eigenvalue weighted by Crippen LogP contribution is -2.33. The lowest BCUT2D eigenvalue weighted by molar-refractivity contribution is 0.231. The smallest absolute Gasteiger partial charge is 0.0473 e. The fourth-order valence-corrected chi connectivity index (χ4v) is 3.30. The van der Waals surface area contributed by atoms with Crippen LogP contribution in [0.5, 0.6) is 0 Å². The molecule has 0 aliphatic carbocycles. The third-order valence-corrected chi connectivity index (χ3v) is 4.66. The molecule has 2 N–H and O–H groups in total. The molecule has 1 aliphatic rings. The highest BCUT2D eigenvalue weighted by Crippen LogP contribution is 2.31. The average Bonchev–Trinajstić information content (AvgIpc) is 2.90. The van der Waals surface area contributed by atoms with Crippen molar-refractivity contribution in [3.8, 4) is 0 Å². The molecule has 2 rings (SSSR count). The number of nitrogens with zero attached hydrogens (tertiary/aromatic N) is 1. The van der Waals surface area contributed by atoms with Gasteiger partial charge >= 0.3 is 0 Å². The van der Waals surface area contributed by atoms with Gasteiger partial charge in [0.1, 0.15) is 0 Å².